The second-order valence-corrected chi connectivity index (χ2v) is 5.59. The summed E-state index contributed by atoms with van der Waals surface area (Å²) in [5, 5.41) is 0. The molecule has 3 rings (SSSR count). The predicted molar refractivity (Wildman–Crippen MR) is 70.5 cm³/mol. The number of ether oxygens (including phenoxy) is 2. The van der Waals surface area contributed by atoms with Crippen LogP contribution in [0.25, 0.3) is 0 Å². The summed E-state index contributed by atoms with van der Waals surface area (Å²) in [6, 6.07) is 4.95. The van der Waals surface area contributed by atoms with E-state index in [1.807, 2.05) is 6.07 Å². The van der Waals surface area contributed by atoms with Crippen molar-refractivity contribution >= 4 is 0 Å². The molecule has 1 aliphatic heterocycles. The van der Waals surface area contributed by atoms with E-state index in [0.717, 1.165) is 31.2 Å². The lowest BCUT2D eigenvalue weighted by atomic mass is 9.74. The average Bonchev–Trinajstić information content (AvgIpc) is 2.39. The van der Waals surface area contributed by atoms with Gasteiger partial charge >= 0.3 is 0 Å². The fraction of sp³-hybridized carbons (Fsp3) is 0.600. The van der Waals surface area contributed by atoms with E-state index in [1.165, 1.54) is 12.5 Å². The lowest BCUT2D eigenvalue weighted by Gasteiger charge is -2.46. The number of rotatable bonds is 3. The average molecular weight is 265 g/mol. The Morgan fingerprint density at radius 2 is 2.26 bits per heavy atom. The highest BCUT2D eigenvalue weighted by Gasteiger charge is 2.43. The normalized spacial score (nSPS) is 25.1. The first kappa shape index (κ1) is 12.9. The van der Waals surface area contributed by atoms with E-state index in [9.17, 15) is 4.39 Å². The standard InChI is InChI=1S/C15H20FNO2/c16-13-8-11(10-17)2-3-14(13)19-12-4-7-18-15(9-12)5-1-6-15/h2-3,8,12H,1,4-7,9-10,17H2. The van der Waals surface area contributed by atoms with Crippen LogP contribution in [0.4, 0.5) is 4.39 Å². The smallest absolute Gasteiger partial charge is 0.165 e. The fourth-order valence-electron chi connectivity index (χ4n) is 2.95. The minimum atomic E-state index is -0.322. The molecule has 1 aliphatic carbocycles. The van der Waals surface area contributed by atoms with Gasteiger partial charge in [0.05, 0.1) is 12.2 Å². The van der Waals surface area contributed by atoms with Crippen molar-refractivity contribution in [1.82, 2.24) is 0 Å². The van der Waals surface area contributed by atoms with Crippen LogP contribution in [0, 0.1) is 5.82 Å². The Hall–Kier alpha value is -1.13. The molecule has 2 N–H and O–H groups in total. The van der Waals surface area contributed by atoms with Gasteiger partial charge in [-0.2, -0.15) is 0 Å². The molecule has 4 heteroatoms. The zero-order valence-corrected chi connectivity index (χ0v) is 11.0. The van der Waals surface area contributed by atoms with Gasteiger partial charge in [0.25, 0.3) is 0 Å². The quantitative estimate of drug-likeness (QED) is 0.914. The molecule has 1 spiro atoms. The molecule has 0 bridgehead atoms. The molecule has 1 unspecified atom stereocenters. The van der Waals surface area contributed by atoms with Crippen molar-refractivity contribution in [2.75, 3.05) is 6.61 Å². The second kappa shape index (κ2) is 5.10. The second-order valence-electron chi connectivity index (χ2n) is 5.59. The Morgan fingerprint density at radius 1 is 1.42 bits per heavy atom. The van der Waals surface area contributed by atoms with Crippen LogP contribution >= 0.6 is 0 Å². The lowest BCUT2D eigenvalue weighted by Crippen LogP contribution is -2.48. The summed E-state index contributed by atoms with van der Waals surface area (Å²) in [6.45, 7) is 1.06. The van der Waals surface area contributed by atoms with Crippen molar-refractivity contribution in [1.29, 1.82) is 0 Å². The van der Waals surface area contributed by atoms with Gasteiger partial charge < -0.3 is 15.2 Å². The molecule has 1 saturated carbocycles. The van der Waals surface area contributed by atoms with E-state index < -0.39 is 0 Å². The molecule has 3 nitrogen and oxygen atoms in total. The third-order valence-corrected chi connectivity index (χ3v) is 4.24. The van der Waals surface area contributed by atoms with Gasteiger partial charge in [-0.3, -0.25) is 0 Å². The van der Waals surface area contributed by atoms with E-state index in [0.29, 0.717) is 18.9 Å². The highest BCUT2D eigenvalue weighted by atomic mass is 19.1. The molecule has 1 atom stereocenters. The zero-order chi connectivity index (χ0) is 13.3. The largest absolute Gasteiger partial charge is 0.487 e. The first-order valence-corrected chi connectivity index (χ1v) is 7.00. The van der Waals surface area contributed by atoms with Gasteiger partial charge in [-0.1, -0.05) is 6.07 Å². The Labute approximate surface area is 112 Å². The summed E-state index contributed by atoms with van der Waals surface area (Å²) in [4.78, 5) is 0. The van der Waals surface area contributed by atoms with E-state index in [4.69, 9.17) is 15.2 Å². The molecule has 0 radical (unpaired) electrons. The van der Waals surface area contributed by atoms with Gasteiger partial charge in [-0.15, -0.1) is 0 Å². The molecule has 2 aliphatic rings. The lowest BCUT2D eigenvalue weighted by molar-refractivity contribution is -0.153. The third kappa shape index (κ3) is 2.60. The molecule has 104 valence electrons. The Balaban J connectivity index is 1.67. The first-order chi connectivity index (χ1) is 9.21. The van der Waals surface area contributed by atoms with Crippen LogP contribution in [0.1, 0.15) is 37.7 Å². The maximum absolute atomic E-state index is 13.9. The van der Waals surface area contributed by atoms with Crippen molar-refractivity contribution in [3.63, 3.8) is 0 Å². The number of halogens is 1. The van der Waals surface area contributed by atoms with Crippen LogP contribution in [0.3, 0.4) is 0 Å². The number of hydrogen-bond donors (Lipinski definition) is 1. The maximum atomic E-state index is 13.9. The summed E-state index contributed by atoms with van der Waals surface area (Å²) < 4.78 is 25.5. The number of hydrogen-bond acceptors (Lipinski definition) is 3. The molecule has 19 heavy (non-hydrogen) atoms. The SMILES string of the molecule is NCc1ccc(OC2CCOC3(CCC3)C2)c(F)c1. The van der Waals surface area contributed by atoms with Gasteiger partial charge in [0.2, 0.25) is 0 Å². The van der Waals surface area contributed by atoms with Crippen molar-refractivity contribution in [2.24, 2.45) is 5.73 Å². The third-order valence-electron chi connectivity index (χ3n) is 4.24. The molecule has 1 aromatic carbocycles. The van der Waals surface area contributed by atoms with Gasteiger partial charge in [-0.25, -0.2) is 4.39 Å². The minimum absolute atomic E-state index is 0.0244. The molecule has 0 aromatic heterocycles. The molecule has 0 amide bonds. The number of nitrogens with two attached hydrogens (primary N) is 1. The summed E-state index contributed by atoms with van der Waals surface area (Å²) in [5.41, 5.74) is 6.30. The molecular formula is C15H20FNO2. The van der Waals surface area contributed by atoms with Crippen molar-refractivity contribution < 1.29 is 13.9 Å². The Morgan fingerprint density at radius 3 is 2.89 bits per heavy atom. The van der Waals surface area contributed by atoms with Crippen LogP contribution in [-0.2, 0) is 11.3 Å². The topological polar surface area (TPSA) is 44.5 Å². The van der Waals surface area contributed by atoms with Crippen molar-refractivity contribution in [3.8, 4) is 5.75 Å². The zero-order valence-electron chi connectivity index (χ0n) is 11.0. The summed E-state index contributed by atoms with van der Waals surface area (Å²) in [7, 11) is 0. The highest BCUT2D eigenvalue weighted by Crippen LogP contribution is 2.43. The van der Waals surface area contributed by atoms with Crippen molar-refractivity contribution in [2.45, 2.75) is 50.4 Å². The summed E-state index contributed by atoms with van der Waals surface area (Å²) >= 11 is 0. The molecular weight excluding hydrogens is 245 g/mol. The van der Waals surface area contributed by atoms with Crippen LogP contribution in [-0.4, -0.2) is 18.3 Å². The van der Waals surface area contributed by atoms with Gasteiger partial charge in [0.1, 0.15) is 6.10 Å². The van der Waals surface area contributed by atoms with Crippen molar-refractivity contribution in [3.05, 3.63) is 29.6 Å². The van der Waals surface area contributed by atoms with Crippen LogP contribution in [0.15, 0.2) is 18.2 Å². The summed E-state index contributed by atoms with van der Waals surface area (Å²) in [6.07, 6.45) is 5.23. The van der Waals surface area contributed by atoms with Gasteiger partial charge in [-0.05, 0) is 37.0 Å². The molecule has 2 fully saturated rings. The summed E-state index contributed by atoms with van der Waals surface area (Å²) in [5.74, 6) is 0.00988. The maximum Gasteiger partial charge on any atom is 0.165 e. The van der Waals surface area contributed by atoms with E-state index in [-0.39, 0.29) is 17.5 Å². The molecule has 1 saturated heterocycles. The minimum Gasteiger partial charge on any atom is -0.487 e. The predicted octanol–water partition coefficient (Wildman–Crippen LogP) is 2.76. The highest BCUT2D eigenvalue weighted by molar-refractivity contribution is 5.29. The fourth-order valence-corrected chi connectivity index (χ4v) is 2.95. The molecule has 1 aromatic rings. The van der Waals surface area contributed by atoms with Crippen LogP contribution < -0.4 is 10.5 Å². The molecule has 1 heterocycles. The van der Waals surface area contributed by atoms with Crippen LogP contribution in [0.5, 0.6) is 5.75 Å². The first-order valence-electron chi connectivity index (χ1n) is 7.00. The van der Waals surface area contributed by atoms with Gasteiger partial charge in [0.15, 0.2) is 11.6 Å². The van der Waals surface area contributed by atoms with E-state index >= 15 is 0 Å². The van der Waals surface area contributed by atoms with E-state index in [2.05, 4.69) is 0 Å². The Bertz CT molecular complexity index is 459. The monoisotopic (exact) mass is 265 g/mol. The number of benzene rings is 1. The van der Waals surface area contributed by atoms with Crippen LogP contribution in [0.2, 0.25) is 0 Å². The van der Waals surface area contributed by atoms with Gasteiger partial charge in [0, 0.05) is 19.4 Å². The Kier molecular flexibility index (Phi) is 3.46. The van der Waals surface area contributed by atoms with E-state index in [1.54, 1.807) is 6.07 Å².